The van der Waals surface area contributed by atoms with Crippen LogP contribution in [0.15, 0.2) is 60.7 Å². The van der Waals surface area contributed by atoms with Gasteiger partial charge in [0.05, 0.1) is 0 Å². The molecule has 3 aromatic rings. The van der Waals surface area contributed by atoms with Crippen LogP contribution in [-0.4, -0.2) is 34.9 Å². The number of rotatable bonds is 7. The zero-order chi connectivity index (χ0) is 23.5. The lowest BCUT2D eigenvalue weighted by molar-refractivity contribution is 0.0742. The molecule has 0 atom stereocenters. The first-order valence-corrected chi connectivity index (χ1v) is 10.7. The van der Waals surface area contributed by atoms with Crippen molar-refractivity contribution in [3.63, 3.8) is 0 Å². The first-order valence-electron chi connectivity index (χ1n) is 10.7. The number of hydrogen-bond donors (Lipinski definition) is 1. The zero-order valence-corrected chi connectivity index (χ0v) is 18.6. The highest BCUT2D eigenvalue weighted by molar-refractivity contribution is 6.00. The lowest BCUT2D eigenvalue weighted by Crippen LogP contribution is -2.26. The number of phenolic OH excluding ortho intramolecular Hbond substituents is 1. The van der Waals surface area contributed by atoms with Gasteiger partial charge in [0.25, 0.3) is 12.3 Å². The molecule has 33 heavy (non-hydrogen) atoms. The Balaban J connectivity index is 1.60. The summed E-state index contributed by atoms with van der Waals surface area (Å²) >= 11 is 0. The van der Waals surface area contributed by atoms with E-state index in [2.05, 4.69) is 11.0 Å². The molecule has 0 aromatic heterocycles. The van der Waals surface area contributed by atoms with Crippen molar-refractivity contribution < 1.29 is 23.4 Å². The average Bonchev–Trinajstić information content (AvgIpc) is 3.20. The monoisotopic (exact) mass is 452 g/mol. The van der Waals surface area contributed by atoms with Gasteiger partial charge in [0.2, 0.25) is 0 Å². The number of halogens is 2. The van der Waals surface area contributed by atoms with Gasteiger partial charge in [0, 0.05) is 25.2 Å². The Morgan fingerprint density at radius 3 is 2.45 bits per heavy atom. The van der Waals surface area contributed by atoms with Crippen LogP contribution < -0.4 is 4.74 Å². The van der Waals surface area contributed by atoms with Crippen LogP contribution in [0.3, 0.4) is 0 Å². The lowest BCUT2D eigenvalue weighted by atomic mass is 10.1. The van der Waals surface area contributed by atoms with Gasteiger partial charge < -0.3 is 19.6 Å². The van der Waals surface area contributed by atoms with Crippen LogP contribution in [0.4, 0.5) is 8.78 Å². The molecule has 0 radical (unpaired) electrons. The van der Waals surface area contributed by atoms with Gasteiger partial charge in [0.15, 0.2) is 0 Å². The van der Waals surface area contributed by atoms with Crippen molar-refractivity contribution in [2.75, 3.05) is 14.1 Å². The van der Waals surface area contributed by atoms with Crippen molar-refractivity contribution in [3.8, 4) is 11.5 Å². The maximum atomic E-state index is 13.4. The second-order valence-electron chi connectivity index (χ2n) is 8.49. The standard InChI is InChI=1S/C26H26F2N2O3/c1-29(2)13-18-8-9-19-14-30(15-21(19)10-18)26(32)24-22(31)11-20(25(27)28)12-23(24)33-16-17-6-4-3-5-7-17/h3-12,25,31H,13-16H2,1-2H3. The van der Waals surface area contributed by atoms with Crippen LogP contribution in [0, 0.1) is 0 Å². The van der Waals surface area contributed by atoms with Crippen LogP contribution in [-0.2, 0) is 26.2 Å². The van der Waals surface area contributed by atoms with E-state index in [4.69, 9.17) is 4.74 Å². The summed E-state index contributed by atoms with van der Waals surface area (Å²) in [6.07, 6.45) is -2.80. The number of carbonyl (C=O) groups is 1. The number of fused-ring (bicyclic) bond motifs is 1. The highest BCUT2D eigenvalue weighted by Crippen LogP contribution is 2.37. The minimum absolute atomic E-state index is 0.0524. The summed E-state index contributed by atoms with van der Waals surface area (Å²) in [7, 11) is 3.98. The molecule has 0 unspecified atom stereocenters. The van der Waals surface area contributed by atoms with Gasteiger partial charge in [-0.15, -0.1) is 0 Å². The molecule has 1 aliphatic heterocycles. The fourth-order valence-electron chi connectivity index (χ4n) is 4.02. The molecule has 0 saturated heterocycles. The summed E-state index contributed by atoms with van der Waals surface area (Å²) < 4.78 is 32.5. The molecule has 3 aromatic carbocycles. The van der Waals surface area contributed by atoms with Gasteiger partial charge >= 0.3 is 0 Å². The van der Waals surface area contributed by atoms with E-state index in [0.717, 1.165) is 40.9 Å². The number of benzene rings is 3. The maximum Gasteiger partial charge on any atom is 0.264 e. The minimum Gasteiger partial charge on any atom is -0.507 e. The van der Waals surface area contributed by atoms with Crippen LogP contribution in [0.25, 0.3) is 0 Å². The topological polar surface area (TPSA) is 53.0 Å². The molecule has 4 rings (SSSR count). The number of ether oxygens (including phenoxy) is 1. The number of nitrogens with zero attached hydrogens (tertiary/aromatic N) is 2. The van der Waals surface area contributed by atoms with Crippen molar-refractivity contribution >= 4 is 5.91 Å². The molecule has 0 fully saturated rings. The largest absolute Gasteiger partial charge is 0.507 e. The summed E-state index contributed by atoms with van der Waals surface area (Å²) in [6.45, 7) is 1.63. The molecular weight excluding hydrogens is 426 g/mol. The zero-order valence-electron chi connectivity index (χ0n) is 18.6. The molecule has 0 aliphatic carbocycles. The minimum atomic E-state index is -2.80. The SMILES string of the molecule is CN(C)Cc1ccc2c(c1)CN(C(=O)c1c(O)cc(C(F)F)cc1OCc1ccccc1)C2. The Labute approximate surface area is 191 Å². The molecule has 172 valence electrons. The quantitative estimate of drug-likeness (QED) is 0.540. The Kier molecular flexibility index (Phi) is 6.60. The van der Waals surface area contributed by atoms with E-state index in [0.29, 0.717) is 13.1 Å². The molecular formula is C26H26F2N2O3. The lowest BCUT2D eigenvalue weighted by Gasteiger charge is -2.20. The second kappa shape index (κ2) is 9.58. The van der Waals surface area contributed by atoms with E-state index < -0.39 is 23.6 Å². The number of phenols is 1. The van der Waals surface area contributed by atoms with Crippen molar-refractivity contribution in [1.82, 2.24) is 9.80 Å². The molecule has 1 heterocycles. The van der Waals surface area contributed by atoms with E-state index in [1.807, 2.05) is 56.6 Å². The van der Waals surface area contributed by atoms with Crippen LogP contribution in [0.5, 0.6) is 11.5 Å². The van der Waals surface area contributed by atoms with Gasteiger partial charge in [-0.05, 0) is 48.5 Å². The molecule has 1 aliphatic rings. The Bertz CT molecular complexity index is 1150. The fraction of sp³-hybridized carbons (Fsp3) is 0.269. The predicted octanol–water partition coefficient (Wildman–Crippen LogP) is 5.13. The number of amides is 1. The number of aromatic hydroxyl groups is 1. The number of alkyl halides is 2. The Morgan fingerprint density at radius 1 is 1.03 bits per heavy atom. The highest BCUT2D eigenvalue weighted by Gasteiger charge is 2.30. The van der Waals surface area contributed by atoms with E-state index in [9.17, 15) is 18.7 Å². The third kappa shape index (κ3) is 5.14. The smallest absolute Gasteiger partial charge is 0.264 e. The second-order valence-corrected chi connectivity index (χ2v) is 8.49. The fourth-order valence-corrected chi connectivity index (χ4v) is 4.02. The van der Waals surface area contributed by atoms with Gasteiger partial charge in [0.1, 0.15) is 23.7 Å². The van der Waals surface area contributed by atoms with Crippen molar-refractivity contribution in [2.24, 2.45) is 0 Å². The summed E-state index contributed by atoms with van der Waals surface area (Å²) in [5, 5.41) is 10.5. The third-order valence-electron chi connectivity index (χ3n) is 5.59. The van der Waals surface area contributed by atoms with Crippen LogP contribution >= 0.6 is 0 Å². The average molecular weight is 453 g/mol. The molecule has 1 N–H and O–H groups in total. The molecule has 5 nitrogen and oxygen atoms in total. The van der Waals surface area contributed by atoms with Gasteiger partial charge in [-0.3, -0.25) is 4.79 Å². The van der Waals surface area contributed by atoms with Crippen molar-refractivity contribution in [3.05, 3.63) is 94.0 Å². The summed E-state index contributed by atoms with van der Waals surface area (Å²) in [4.78, 5) is 17.1. The Morgan fingerprint density at radius 2 is 1.76 bits per heavy atom. The molecule has 0 bridgehead atoms. The maximum absolute atomic E-state index is 13.4. The van der Waals surface area contributed by atoms with Gasteiger partial charge in [-0.1, -0.05) is 48.5 Å². The summed E-state index contributed by atoms with van der Waals surface area (Å²) in [5.74, 6) is -1.02. The normalized spacial score (nSPS) is 13.0. The molecule has 7 heteroatoms. The third-order valence-corrected chi connectivity index (χ3v) is 5.59. The summed E-state index contributed by atoms with van der Waals surface area (Å²) in [5.41, 5.74) is 3.53. The molecule has 1 amide bonds. The molecule has 0 spiro atoms. The van der Waals surface area contributed by atoms with E-state index >= 15 is 0 Å². The first-order chi connectivity index (χ1) is 15.8. The number of hydrogen-bond acceptors (Lipinski definition) is 4. The van der Waals surface area contributed by atoms with Crippen molar-refractivity contribution in [2.45, 2.75) is 32.7 Å². The van der Waals surface area contributed by atoms with E-state index in [1.54, 1.807) is 4.90 Å². The molecule has 0 saturated carbocycles. The van der Waals surface area contributed by atoms with Gasteiger partial charge in [-0.2, -0.15) is 0 Å². The van der Waals surface area contributed by atoms with Crippen LogP contribution in [0.2, 0.25) is 0 Å². The summed E-state index contributed by atoms with van der Waals surface area (Å²) in [6, 6.07) is 17.4. The first kappa shape index (κ1) is 22.7. The van der Waals surface area contributed by atoms with Crippen LogP contribution in [0.1, 0.15) is 44.6 Å². The van der Waals surface area contributed by atoms with Crippen molar-refractivity contribution in [1.29, 1.82) is 0 Å². The van der Waals surface area contributed by atoms with E-state index in [1.165, 1.54) is 0 Å². The van der Waals surface area contributed by atoms with Gasteiger partial charge in [-0.25, -0.2) is 8.78 Å². The number of carbonyl (C=O) groups excluding carboxylic acids is 1. The highest BCUT2D eigenvalue weighted by atomic mass is 19.3. The predicted molar refractivity (Wildman–Crippen MR) is 121 cm³/mol. The van der Waals surface area contributed by atoms with E-state index in [-0.39, 0.29) is 17.9 Å². The Hall–Kier alpha value is -3.45.